The Hall–Kier alpha value is -4.14. The van der Waals surface area contributed by atoms with E-state index in [4.69, 9.17) is 21.1 Å². The minimum absolute atomic E-state index is 0.0134. The largest absolute Gasteiger partial charge is 0.493 e. The Labute approximate surface area is 237 Å². The average Bonchev–Trinajstić information content (AvgIpc) is 2.95. The molecule has 0 saturated carbocycles. The summed E-state index contributed by atoms with van der Waals surface area (Å²) < 4.78 is 14.0. The molecule has 0 aliphatic carbocycles. The SMILES string of the molecule is COc1cc(/C=N\NC(=O)Cn2c3ccccc3c(=O)c3ccccc32)cc(Br)c1OCc1ccccc1Cl. The van der Waals surface area contributed by atoms with Gasteiger partial charge >= 0.3 is 0 Å². The summed E-state index contributed by atoms with van der Waals surface area (Å²) in [5, 5.41) is 5.87. The van der Waals surface area contributed by atoms with Crippen molar-refractivity contribution in [2.75, 3.05) is 7.11 Å². The summed E-state index contributed by atoms with van der Waals surface area (Å²) >= 11 is 9.77. The van der Waals surface area contributed by atoms with Gasteiger partial charge in [0.05, 0.1) is 28.8 Å². The van der Waals surface area contributed by atoms with Crippen LogP contribution in [0.4, 0.5) is 0 Å². The van der Waals surface area contributed by atoms with Gasteiger partial charge < -0.3 is 14.0 Å². The van der Waals surface area contributed by atoms with Crippen molar-refractivity contribution in [2.24, 2.45) is 5.10 Å². The van der Waals surface area contributed by atoms with Crippen LogP contribution in [0.5, 0.6) is 11.5 Å². The first-order valence-corrected chi connectivity index (χ1v) is 13.2. The fourth-order valence-corrected chi connectivity index (χ4v) is 5.09. The van der Waals surface area contributed by atoms with Crippen molar-refractivity contribution in [1.29, 1.82) is 0 Å². The average molecular weight is 605 g/mol. The molecule has 1 amide bonds. The number of nitrogens with zero attached hydrogens (tertiary/aromatic N) is 2. The van der Waals surface area contributed by atoms with Crippen LogP contribution in [0.15, 0.2) is 99.3 Å². The second kappa shape index (κ2) is 11.7. The molecule has 4 aromatic carbocycles. The van der Waals surface area contributed by atoms with Crippen LogP contribution in [-0.2, 0) is 17.9 Å². The van der Waals surface area contributed by atoms with Crippen LogP contribution in [0.2, 0.25) is 5.02 Å². The van der Waals surface area contributed by atoms with Crippen LogP contribution in [0, 0.1) is 0 Å². The third-order valence-electron chi connectivity index (χ3n) is 6.17. The second-order valence-electron chi connectivity index (χ2n) is 8.66. The molecule has 0 bridgehead atoms. The van der Waals surface area contributed by atoms with Crippen molar-refractivity contribution in [1.82, 2.24) is 9.99 Å². The number of fused-ring (bicyclic) bond motifs is 2. The lowest BCUT2D eigenvalue weighted by atomic mass is 10.1. The van der Waals surface area contributed by atoms with Crippen molar-refractivity contribution < 1.29 is 14.3 Å². The molecule has 0 saturated heterocycles. The number of halogens is 2. The maximum Gasteiger partial charge on any atom is 0.260 e. The molecule has 0 unspecified atom stereocenters. The maximum atomic E-state index is 12.9. The van der Waals surface area contributed by atoms with Gasteiger partial charge in [0.25, 0.3) is 5.91 Å². The highest BCUT2D eigenvalue weighted by atomic mass is 79.9. The van der Waals surface area contributed by atoms with Crippen LogP contribution < -0.4 is 20.3 Å². The van der Waals surface area contributed by atoms with Gasteiger partial charge in [-0.25, -0.2) is 5.43 Å². The molecule has 0 fully saturated rings. The van der Waals surface area contributed by atoms with E-state index in [1.54, 1.807) is 25.3 Å². The minimum atomic E-state index is -0.337. The van der Waals surface area contributed by atoms with Crippen LogP contribution in [0.1, 0.15) is 11.1 Å². The molecule has 0 spiro atoms. The van der Waals surface area contributed by atoms with Crippen molar-refractivity contribution in [2.45, 2.75) is 13.2 Å². The van der Waals surface area contributed by atoms with E-state index in [2.05, 4.69) is 26.5 Å². The van der Waals surface area contributed by atoms with E-state index in [1.807, 2.05) is 71.3 Å². The Balaban J connectivity index is 1.33. The van der Waals surface area contributed by atoms with Gasteiger partial charge in [0.1, 0.15) is 13.2 Å². The molecule has 5 rings (SSSR count). The lowest BCUT2D eigenvalue weighted by molar-refractivity contribution is -0.121. The van der Waals surface area contributed by atoms with Gasteiger partial charge in [-0.1, -0.05) is 54.1 Å². The van der Waals surface area contributed by atoms with Crippen molar-refractivity contribution in [3.05, 3.63) is 116 Å². The molecule has 0 atom stereocenters. The summed E-state index contributed by atoms with van der Waals surface area (Å²) in [5.41, 5.74) is 5.42. The zero-order valence-electron chi connectivity index (χ0n) is 20.9. The number of carbonyl (C=O) groups is 1. The number of aromatic nitrogens is 1. The van der Waals surface area contributed by atoms with Crippen molar-refractivity contribution >= 4 is 61.5 Å². The molecule has 5 aromatic rings. The number of nitrogens with one attached hydrogen (secondary N) is 1. The number of ether oxygens (including phenoxy) is 2. The first-order valence-electron chi connectivity index (χ1n) is 12.0. The molecule has 39 heavy (non-hydrogen) atoms. The van der Waals surface area contributed by atoms with E-state index in [9.17, 15) is 9.59 Å². The molecule has 7 nitrogen and oxygen atoms in total. The minimum Gasteiger partial charge on any atom is -0.493 e. The monoisotopic (exact) mass is 603 g/mol. The van der Waals surface area contributed by atoms with Crippen LogP contribution in [0.3, 0.4) is 0 Å². The standard InChI is InChI=1S/C30H23BrClN3O4/c1-38-27-15-19(14-23(31)30(27)39-18-20-8-2-5-11-24(20)32)16-33-34-28(36)17-35-25-12-6-3-9-21(25)29(37)22-10-4-7-13-26(22)35/h2-16H,17-18H2,1H3,(H,34,36)/b33-16-. The number of methoxy groups -OCH3 is 1. The predicted octanol–water partition coefficient (Wildman–Crippen LogP) is 6.31. The van der Waals surface area contributed by atoms with Gasteiger partial charge in [-0.05, 0) is 64.0 Å². The summed E-state index contributed by atoms with van der Waals surface area (Å²) in [4.78, 5) is 25.8. The highest BCUT2D eigenvalue weighted by Crippen LogP contribution is 2.37. The molecule has 1 N–H and O–H groups in total. The quantitative estimate of drug-likeness (QED) is 0.128. The summed E-state index contributed by atoms with van der Waals surface area (Å²) in [6.07, 6.45) is 1.52. The molecule has 0 aliphatic rings. The normalized spacial score (nSPS) is 11.3. The molecular weight excluding hydrogens is 582 g/mol. The summed E-state index contributed by atoms with van der Waals surface area (Å²) in [6.45, 7) is 0.257. The molecule has 196 valence electrons. The third kappa shape index (κ3) is 5.67. The highest BCUT2D eigenvalue weighted by Gasteiger charge is 2.14. The van der Waals surface area contributed by atoms with Gasteiger partial charge in [-0.3, -0.25) is 9.59 Å². The number of pyridine rings is 1. The van der Waals surface area contributed by atoms with Crippen LogP contribution in [-0.4, -0.2) is 23.8 Å². The molecule has 1 aromatic heterocycles. The Kier molecular flexibility index (Phi) is 7.95. The van der Waals surface area contributed by atoms with Gasteiger partial charge in [0.15, 0.2) is 16.9 Å². The number of amides is 1. The smallest absolute Gasteiger partial charge is 0.260 e. The van der Waals surface area contributed by atoms with Gasteiger partial charge in [-0.15, -0.1) is 0 Å². The predicted molar refractivity (Wildman–Crippen MR) is 158 cm³/mol. The number of hydrazone groups is 1. The van der Waals surface area contributed by atoms with Crippen molar-refractivity contribution in [3.63, 3.8) is 0 Å². The lowest BCUT2D eigenvalue weighted by Crippen LogP contribution is -2.25. The van der Waals surface area contributed by atoms with E-state index >= 15 is 0 Å². The number of benzene rings is 4. The molecular formula is C30H23BrClN3O4. The van der Waals surface area contributed by atoms with E-state index in [0.29, 0.717) is 48.4 Å². The summed E-state index contributed by atoms with van der Waals surface area (Å²) in [6, 6.07) is 25.5. The Morgan fingerprint density at radius 2 is 1.64 bits per heavy atom. The zero-order valence-corrected chi connectivity index (χ0v) is 23.2. The van der Waals surface area contributed by atoms with Crippen molar-refractivity contribution in [3.8, 4) is 11.5 Å². The van der Waals surface area contributed by atoms with E-state index in [1.165, 1.54) is 6.21 Å². The topological polar surface area (TPSA) is 81.9 Å². The Bertz CT molecular complexity index is 1720. The molecule has 0 aliphatic heterocycles. The number of hydrogen-bond donors (Lipinski definition) is 1. The first kappa shape index (κ1) is 26.5. The first-order chi connectivity index (χ1) is 19.0. The Morgan fingerprint density at radius 1 is 1.00 bits per heavy atom. The van der Waals surface area contributed by atoms with Gasteiger partial charge in [0, 0.05) is 21.4 Å². The lowest BCUT2D eigenvalue weighted by Gasteiger charge is -2.14. The molecule has 1 heterocycles. The van der Waals surface area contributed by atoms with Gasteiger partial charge in [0.2, 0.25) is 0 Å². The summed E-state index contributed by atoms with van der Waals surface area (Å²) in [5.74, 6) is 0.682. The molecule has 0 radical (unpaired) electrons. The molecule has 9 heteroatoms. The number of rotatable bonds is 8. The third-order valence-corrected chi connectivity index (χ3v) is 7.12. The fraction of sp³-hybridized carbons (Fsp3) is 0.100. The number of hydrogen-bond acceptors (Lipinski definition) is 5. The van der Waals surface area contributed by atoms with E-state index in [0.717, 1.165) is 5.56 Å². The van der Waals surface area contributed by atoms with Gasteiger partial charge in [-0.2, -0.15) is 5.10 Å². The highest BCUT2D eigenvalue weighted by molar-refractivity contribution is 9.10. The summed E-state index contributed by atoms with van der Waals surface area (Å²) in [7, 11) is 1.55. The van der Waals surface area contributed by atoms with E-state index < -0.39 is 0 Å². The van der Waals surface area contributed by atoms with Crippen LogP contribution in [0.25, 0.3) is 21.8 Å². The maximum absolute atomic E-state index is 12.9. The number of carbonyl (C=O) groups excluding carboxylic acids is 1. The second-order valence-corrected chi connectivity index (χ2v) is 9.92. The number of para-hydroxylation sites is 2. The fourth-order valence-electron chi connectivity index (χ4n) is 4.32. The van der Waals surface area contributed by atoms with E-state index in [-0.39, 0.29) is 24.5 Å². The Morgan fingerprint density at radius 3 is 2.31 bits per heavy atom. The zero-order chi connectivity index (χ0) is 27.4. The van der Waals surface area contributed by atoms with Crippen LogP contribution >= 0.6 is 27.5 Å².